The first-order chi connectivity index (χ1) is 9.10. The van der Waals surface area contributed by atoms with E-state index >= 15 is 0 Å². The maximum atomic E-state index is 11.8. The van der Waals surface area contributed by atoms with E-state index in [2.05, 4.69) is 6.58 Å². The van der Waals surface area contributed by atoms with Gasteiger partial charge < -0.3 is 9.84 Å². The number of rotatable bonds is 8. The molecule has 0 fully saturated rings. The lowest BCUT2D eigenvalue weighted by atomic mass is 10.00. The second kappa shape index (κ2) is 7.48. The number of benzene rings is 1. The van der Waals surface area contributed by atoms with Crippen LogP contribution in [0.3, 0.4) is 0 Å². The third-order valence-corrected chi connectivity index (χ3v) is 2.63. The number of carboxylic acid groups (broad SMARTS) is 1. The van der Waals surface area contributed by atoms with Gasteiger partial charge in [0.05, 0.1) is 18.8 Å². The summed E-state index contributed by atoms with van der Waals surface area (Å²) in [5.41, 5.74) is 1.11. The second-order valence-electron chi connectivity index (χ2n) is 4.15. The van der Waals surface area contributed by atoms with Crippen molar-refractivity contribution in [3.63, 3.8) is 0 Å². The number of ketones is 1. The molecule has 102 valence electrons. The van der Waals surface area contributed by atoms with Crippen molar-refractivity contribution in [3.05, 3.63) is 47.5 Å². The van der Waals surface area contributed by atoms with Gasteiger partial charge in [0.15, 0.2) is 5.78 Å². The molecule has 1 rings (SSSR count). The predicted octanol–water partition coefficient (Wildman–Crippen LogP) is 3.07. The van der Waals surface area contributed by atoms with Gasteiger partial charge in [-0.05, 0) is 18.1 Å². The molecule has 0 aromatic heterocycles. The second-order valence-corrected chi connectivity index (χ2v) is 4.15. The summed E-state index contributed by atoms with van der Waals surface area (Å²) in [6.07, 6.45) is 2.76. The Bertz CT molecular complexity index is 477. The van der Waals surface area contributed by atoms with Gasteiger partial charge in [0.1, 0.15) is 0 Å². The first-order valence-electron chi connectivity index (χ1n) is 6.18. The summed E-state index contributed by atoms with van der Waals surface area (Å²) >= 11 is 0. The van der Waals surface area contributed by atoms with Crippen molar-refractivity contribution < 1.29 is 19.4 Å². The normalized spacial score (nSPS) is 10.2. The highest BCUT2D eigenvalue weighted by Gasteiger charge is 2.14. The van der Waals surface area contributed by atoms with Gasteiger partial charge in [-0.15, -0.1) is 6.58 Å². The van der Waals surface area contributed by atoms with Gasteiger partial charge in [-0.25, -0.2) is 4.79 Å². The summed E-state index contributed by atoms with van der Waals surface area (Å²) in [7, 11) is 0. The van der Waals surface area contributed by atoms with Crippen molar-refractivity contribution in [2.75, 3.05) is 6.61 Å². The van der Waals surface area contributed by atoms with Crippen LogP contribution < -0.4 is 0 Å². The minimum absolute atomic E-state index is 0.0384. The molecular formula is C15H18O4. The summed E-state index contributed by atoms with van der Waals surface area (Å²) in [5, 5.41) is 9.17. The minimum atomic E-state index is -1.05. The molecule has 0 saturated carbocycles. The smallest absolute Gasteiger partial charge is 0.336 e. The van der Waals surface area contributed by atoms with Crippen LogP contribution in [0.4, 0.5) is 0 Å². The minimum Gasteiger partial charge on any atom is -0.478 e. The molecule has 0 spiro atoms. The monoisotopic (exact) mass is 262 g/mol. The van der Waals surface area contributed by atoms with E-state index in [0.29, 0.717) is 24.2 Å². The zero-order valence-electron chi connectivity index (χ0n) is 11.0. The lowest BCUT2D eigenvalue weighted by Gasteiger charge is -2.08. The van der Waals surface area contributed by atoms with Crippen molar-refractivity contribution >= 4 is 11.8 Å². The molecule has 19 heavy (non-hydrogen) atoms. The molecule has 0 aliphatic carbocycles. The van der Waals surface area contributed by atoms with E-state index in [1.165, 1.54) is 6.07 Å². The number of hydrogen-bond acceptors (Lipinski definition) is 3. The van der Waals surface area contributed by atoms with Crippen molar-refractivity contribution in [2.24, 2.45) is 0 Å². The highest BCUT2D eigenvalue weighted by atomic mass is 16.5. The number of carbonyl (C=O) groups is 2. The fourth-order valence-corrected chi connectivity index (χ4v) is 1.70. The van der Waals surface area contributed by atoms with E-state index < -0.39 is 5.97 Å². The number of hydrogen-bond donors (Lipinski definition) is 1. The molecule has 0 heterocycles. The summed E-state index contributed by atoms with van der Waals surface area (Å²) in [6.45, 7) is 5.98. The Morgan fingerprint density at radius 2 is 2.16 bits per heavy atom. The largest absolute Gasteiger partial charge is 0.478 e. The van der Waals surface area contributed by atoms with Crippen LogP contribution in [0.2, 0.25) is 0 Å². The van der Waals surface area contributed by atoms with Crippen LogP contribution in [-0.4, -0.2) is 23.5 Å². The lowest BCUT2D eigenvalue weighted by Crippen LogP contribution is -2.08. The molecule has 1 aromatic rings. The third-order valence-electron chi connectivity index (χ3n) is 2.63. The van der Waals surface area contributed by atoms with E-state index in [4.69, 9.17) is 4.74 Å². The average molecular weight is 262 g/mol. The Balaban J connectivity index is 2.97. The van der Waals surface area contributed by atoms with Gasteiger partial charge in [0.25, 0.3) is 0 Å². The van der Waals surface area contributed by atoms with Crippen LogP contribution in [0.15, 0.2) is 30.9 Å². The first kappa shape index (κ1) is 15.1. The summed E-state index contributed by atoms with van der Waals surface area (Å²) < 4.78 is 5.24. The van der Waals surface area contributed by atoms with Crippen molar-refractivity contribution in [2.45, 2.75) is 26.4 Å². The molecule has 0 saturated heterocycles. The Morgan fingerprint density at radius 3 is 2.74 bits per heavy atom. The number of carbonyl (C=O) groups excluding carboxylic acids is 1. The van der Waals surface area contributed by atoms with Gasteiger partial charge in [0, 0.05) is 12.0 Å². The Morgan fingerprint density at radius 1 is 1.42 bits per heavy atom. The Kier molecular flexibility index (Phi) is 5.96. The maximum absolute atomic E-state index is 11.8. The molecule has 0 amide bonds. The zero-order valence-corrected chi connectivity index (χ0v) is 11.0. The van der Waals surface area contributed by atoms with Crippen molar-refractivity contribution in [3.8, 4) is 0 Å². The topological polar surface area (TPSA) is 63.6 Å². The van der Waals surface area contributed by atoms with Gasteiger partial charge in [-0.2, -0.15) is 0 Å². The number of ether oxygens (including phenoxy) is 1. The predicted molar refractivity (Wildman–Crippen MR) is 72.5 cm³/mol. The highest BCUT2D eigenvalue weighted by molar-refractivity contribution is 5.99. The Hall–Kier alpha value is -1.94. The Labute approximate surface area is 112 Å². The number of Topliss-reactive ketones (excluding diaryl/α,β-unsaturated/α-hetero) is 1. The van der Waals surface area contributed by atoms with E-state index in [1.807, 2.05) is 6.92 Å². The fourth-order valence-electron chi connectivity index (χ4n) is 1.70. The van der Waals surface area contributed by atoms with Crippen molar-refractivity contribution in [1.82, 2.24) is 0 Å². The fraction of sp³-hybridized carbons (Fsp3) is 0.333. The molecule has 1 aromatic carbocycles. The summed E-state index contributed by atoms with van der Waals surface area (Å²) in [6, 6.07) is 4.71. The molecule has 0 atom stereocenters. The molecular weight excluding hydrogens is 244 g/mol. The molecule has 0 unspecified atom stereocenters. The van der Waals surface area contributed by atoms with Gasteiger partial charge in [-0.1, -0.05) is 25.1 Å². The van der Waals surface area contributed by atoms with Crippen LogP contribution in [0, 0.1) is 0 Å². The molecule has 1 N–H and O–H groups in total. The molecule has 4 nitrogen and oxygen atoms in total. The van der Waals surface area contributed by atoms with E-state index in [9.17, 15) is 14.7 Å². The average Bonchev–Trinajstić information content (AvgIpc) is 2.39. The van der Waals surface area contributed by atoms with Crippen LogP contribution in [0.5, 0.6) is 0 Å². The quantitative estimate of drug-likeness (QED) is 0.444. The molecule has 0 aliphatic rings. The SMILES string of the molecule is C=CCOCc1ccc(C(=O)CCC)cc1C(=O)O. The molecule has 4 heteroatoms. The maximum Gasteiger partial charge on any atom is 0.336 e. The van der Waals surface area contributed by atoms with Crippen LogP contribution in [-0.2, 0) is 11.3 Å². The van der Waals surface area contributed by atoms with E-state index in [1.54, 1.807) is 18.2 Å². The van der Waals surface area contributed by atoms with Gasteiger partial charge in [0.2, 0.25) is 0 Å². The van der Waals surface area contributed by atoms with Crippen LogP contribution >= 0.6 is 0 Å². The van der Waals surface area contributed by atoms with Crippen LogP contribution in [0.1, 0.15) is 46.0 Å². The third kappa shape index (κ3) is 4.34. The zero-order chi connectivity index (χ0) is 14.3. The van der Waals surface area contributed by atoms with E-state index in [-0.39, 0.29) is 18.0 Å². The first-order valence-corrected chi connectivity index (χ1v) is 6.18. The van der Waals surface area contributed by atoms with Crippen molar-refractivity contribution in [1.29, 1.82) is 0 Å². The number of carboxylic acids is 1. The van der Waals surface area contributed by atoms with E-state index in [0.717, 1.165) is 6.42 Å². The standard InChI is InChI=1S/C15H18O4/c1-3-5-14(16)11-6-7-12(10-19-8-4-2)13(9-11)15(17)18/h4,6-7,9H,2-3,5,8,10H2,1H3,(H,17,18). The van der Waals surface area contributed by atoms with Gasteiger partial charge >= 0.3 is 5.97 Å². The van der Waals surface area contributed by atoms with Gasteiger partial charge in [-0.3, -0.25) is 4.79 Å². The summed E-state index contributed by atoms with van der Waals surface area (Å²) in [5.74, 6) is -1.09. The lowest BCUT2D eigenvalue weighted by molar-refractivity contribution is 0.0690. The molecule has 0 aliphatic heterocycles. The highest BCUT2D eigenvalue weighted by Crippen LogP contribution is 2.15. The summed E-state index contributed by atoms with van der Waals surface area (Å²) in [4.78, 5) is 23.0. The number of aromatic carboxylic acids is 1. The molecule has 0 bridgehead atoms. The molecule has 0 radical (unpaired) electrons. The van der Waals surface area contributed by atoms with Crippen LogP contribution in [0.25, 0.3) is 0 Å².